The zero-order valence-electron chi connectivity index (χ0n) is 15.3. The lowest BCUT2D eigenvalue weighted by Gasteiger charge is -2.37. The smallest absolute Gasteiger partial charge is 0.328 e. The standard InChI is InChI=1S/C19H25BrN2O4/c1-12(2)16(21-17(23)13-7-9-14(20)10-8-13)18(24)22-11-5-4-6-15(22)19(25)26-3/h7-10,12,15-16H,4-6,11H2,1-3H3,(H,21,23)/t15-,16-/m0/s1. The number of nitrogens with one attached hydrogen (secondary N) is 1. The van der Waals surface area contributed by atoms with Crippen molar-refractivity contribution >= 4 is 33.7 Å². The highest BCUT2D eigenvalue weighted by Gasteiger charge is 2.37. The van der Waals surface area contributed by atoms with E-state index >= 15 is 0 Å². The van der Waals surface area contributed by atoms with Gasteiger partial charge >= 0.3 is 5.97 Å². The molecule has 6 nitrogen and oxygen atoms in total. The summed E-state index contributed by atoms with van der Waals surface area (Å²) < 4.78 is 5.72. The Bertz CT molecular complexity index is 660. The molecule has 1 aromatic carbocycles. The van der Waals surface area contributed by atoms with Crippen molar-refractivity contribution in [2.45, 2.75) is 45.2 Å². The number of amides is 2. The number of nitrogens with zero attached hydrogens (tertiary/aromatic N) is 1. The number of halogens is 1. The van der Waals surface area contributed by atoms with Crippen molar-refractivity contribution in [3.8, 4) is 0 Å². The number of piperidine rings is 1. The molecule has 26 heavy (non-hydrogen) atoms. The SMILES string of the molecule is COC(=O)[C@@H]1CCCCN1C(=O)[C@@H](NC(=O)c1ccc(Br)cc1)C(C)C. The van der Waals surface area contributed by atoms with E-state index in [1.165, 1.54) is 7.11 Å². The van der Waals surface area contributed by atoms with E-state index in [4.69, 9.17) is 4.74 Å². The van der Waals surface area contributed by atoms with Crippen molar-refractivity contribution < 1.29 is 19.1 Å². The zero-order chi connectivity index (χ0) is 19.3. The van der Waals surface area contributed by atoms with Crippen LogP contribution in [0.2, 0.25) is 0 Å². The molecule has 7 heteroatoms. The third-order valence-corrected chi connectivity index (χ3v) is 5.11. The molecule has 0 radical (unpaired) electrons. The second kappa shape index (κ2) is 9.16. The van der Waals surface area contributed by atoms with Crippen LogP contribution >= 0.6 is 15.9 Å². The second-order valence-corrected chi connectivity index (χ2v) is 7.68. The van der Waals surface area contributed by atoms with Crippen LogP contribution in [0.4, 0.5) is 0 Å². The number of benzene rings is 1. The maximum atomic E-state index is 13.1. The first-order valence-electron chi connectivity index (χ1n) is 8.80. The van der Waals surface area contributed by atoms with Gasteiger partial charge in [0, 0.05) is 16.6 Å². The summed E-state index contributed by atoms with van der Waals surface area (Å²) in [6.07, 6.45) is 2.30. The first kappa shape index (κ1) is 20.4. The van der Waals surface area contributed by atoms with Gasteiger partial charge in [-0.3, -0.25) is 9.59 Å². The lowest BCUT2D eigenvalue weighted by molar-refractivity contribution is -0.155. The van der Waals surface area contributed by atoms with Crippen LogP contribution in [-0.2, 0) is 14.3 Å². The van der Waals surface area contributed by atoms with E-state index < -0.39 is 18.1 Å². The molecule has 1 aliphatic heterocycles. The fourth-order valence-corrected chi connectivity index (χ4v) is 3.36. The highest BCUT2D eigenvalue weighted by atomic mass is 79.9. The van der Waals surface area contributed by atoms with Crippen LogP contribution < -0.4 is 5.32 Å². The van der Waals surface area contributed by atoms with Crippen LogP contribution in [-0.4, -0.2) is 48.4 Å². The zero-order valence-corrected chi connectivity index (χ0v) is 16.9. The van der Waals surface area contributed by atoms with Crippen molar-refractivity contribution in [3.05, 3.63) is 34.3 Å². The first-order valence-corrected chi connectivity index (χ1v) is 9.59. The quantitative estimate of drug-likeness (QED) is 0.737. The van der Waals surface area contributed by atoms with E-state index in [1.807, 2.05) is 13.8 Å². The summed E-state index contributed by atoms with van der Waals surface area (Å²) in [5.41, 5.74) is 0.481. The minimum atomic E-state index is -0.698. The van der Waals surface area contributed by atoms with Crippen LogP contribution in [0.5, 0.6) is 0 Å². The van der Waals surface area contributed by atoms with Crippen molar-refractivity contribution in [3.63, 3.8) is 0 Å². The fraction of sp³-hybridized carbons (Fsp3) is 0.526. The maximum Gasteiger partial charge on any atom is 0.328 e. The molecule has 0 saturated carbocycles. The topological polar surface area (TPSA) is 75.7 Å². The van der Waals surface area contributed by atoms with Gasteiger partial charge in [0.25, 0.3) is 5.91 Å². The number of esters is 1. The van der Waals surface area contributed by atoms with E-state index in [2.05, 4.69) is 21.2 Å². The van der Waals surface area contributed by atoms with Gasteiger partial charge in [0.1, 0.15) is 12.1 Å². The lowest BCUT2D eigenvalue weighted by atomic mass is 9.97. The first-order chi connectivity index (χ1) is 12.3. The molecule has 2 atom stereocenters. The van der Waals surface area contributed by atoms with Crippen LogP contribution in [0, 0.1) is 5.92 Å². The van der Waals surface area contributed by atoms with Crippen LogP contribution in [0.25, 0.3) is 0 Å². The van der Waals surface area contributed by atoms with E-state index in [9.17, 15) is 14.4 Å². The fourth-order valence-electron chi connectivity index (χ4n) is 3.09. The number of ether oxygens (including phenoxy) is 1. The number of carbonyl (C=O) groups excluding carboxylic acids is 3. The monoisotopic (exact) mass is 424 g/mol. The molecular formula is C19H25BrN2O4. The summed E-state index contributed by atoms with van der Waals surface area (Å²) in [5.74, 6) is -1.06. The predicted octanol–water partition coefficient (Wildman–Crippen LogP) is 2.76. The van der Waals surface area contributed by atoms with Gasteiger partial charge < -0.3 is 15.0 Å². The molecule has 1 fully saturated rings. The van der Waals surface area contributed by atoms with E-state index in [0.29, 0.717) is 18.5 Å². The van der Waals surface area contributed by atoms with Crippen LogP contribution in [0.3, 0.4) is 0 Å². The molecule has 1 saturated heterocycles. The molecule has 0 bridgehead atoms. The Balaban J connectivity index is 2.16. The average molecular weight is 425 g/mol. The second-order valence-electron chi connectivity index (χ2n) is 6.77. The van der Waals surface area contributed by atoms with Crippen molar-refractivity contribution in [1.29, 1.82) is 0 Å². The van der Waals surface area contributed by atoms with Crippen molar-refractivity contribution in [1.82, 2.24) is 10.2 Å². The Morgan fingerprint density at radius 1 is 1.19 bits per heavy atom. The number of hydrogen-bond donors (Lipinski definition) is 1. The van der Waals surface area contributed by atoms with Gasteiger partial charge in [-0.2, -0.15) is 0 Å². The van der Waals surface area contributed by atoms with Gasteiger partial charge in [-0.15, -0.1) is 0 Å². The summed E-state index contributed by atoms with van der Waals surface area (Å²) in [6, 6.07) is 5.67. The molecule has 1 N–H and O–H groups in total. The Morgan fingerprint density at radius 2 is 1.85 bits per heavy atom. The van der Waals surface area contributed by atoms with Gasteiger partial charge in [0.05, 0.1) is 7.11 Å². The number of likely N-dealkylation sites (tertiary alicyclic amines) is 1. The van der Waals surface area contributed by atoms with Gasteiger partial charge in [-0.05, 0) is 49.4 Å². The molecular weight excluding hydrogens is 400 g/mol. The molecule has 2 amide bonds. The van der Waals surface area contributed by atoms with Crippen molar-refractivity contribution in [2.75, 3.05) is 13.7 Å². The molecule has 2 rings (SSSR count). The average Bonchev–Trinajstić information content (AvgIpc) is 2.65. The normalized spacial score (nSPS) is 18.3. The molecule has 0 spiro atoms. The van der Waals surface area contributed by atoms with Gasteiger partial charge in [-0.25, -0.2) is 4.79 Å². The number of methoxy groups -OCH3 is 1. The van der Waals surface area contributed by atoms with Crippen LogP contribution in [0.1, 0.15) is 43.5 Å². The third-order valence-electron chi connectivity index (χ3n) is 4.58. The molecule has 0 aliphatic carbocycles. The van der Waals surface area contributed by atoms with Gasteiger partial charge in [0.15, 0.2) is 0 Å². The molecule has 1 aromatic rings. The lowest BCUT2D eigenvalue weighted by Crippen LogP contribution is -2.57. The number of rotatable bonds is 5. The molecule has 0 unspecified atom stereocenters. The predicted molar refractivity (Wildman–Crippen MR) is 102 cm³/mol. The molecule has 1 aliphatic rings. The summed E-state index contributed by atoms with van der Waals surface area (Å²) in [5, 5.41) is 2.83. The number of carbonyl (C=O) groups is 3. The summed E-state index contributed by atoms with van der Waals surface area (Å²) in [7, 11) is 1.33. The number of hydrogen-bond acceptors (Lipinski definition) is 4. The van der Waals surface area contributed by atoms with E-state index in [1.54, 1.807) is 29.2 Å². The summed E-state index contributed by atoms with van der Waals surface area (Å²) >= 11 is 3.33. The Labute approximate surface area is 162 Å². The van der Waals surface area contributed by atoms with Crippen LogP contribution in [0.15, 0.2) is 28.7 Å². The third kappa shape index (κ3) is 4.84. The minimum absolute atomic E-state index is 0.109. The van der Waals surface area contributed by atoms with Gasteiger partial charge in [0.2, 0.25) is 5.91 Å². The van der Waals surface area contributed by atoms with Gasteiger partial charge in [-0.1, -0.05) is 29.8 Å². The highest BCUT2D eigenvalue weighted by molar-refractivity contribution is 9.10. The summed E-state index contributed by atoms with van der Waals surface area (Å²) in [4.78, 5) is 39.2. The maximum absolute atomic E-state index is 13.1. The summed E-state index contributed by atoms with van der Waals surface area (Å²) in [6.45, 7) is 4.25. The van der Waals surface area contributed by atoms with Crippen molar-refractivity contribution in [2.24, 2.45) is 5.92 Å². The Hall–Kier alpha value is -1.89. The van der Waals surface area contributed by atoms with E-state index in [-0.39, 0.29) is 17.7 Å². The molecule has 1 heterocycles. The minimum Gasteiger partial charge on any atom is -0.467 e. The Kier molecular flexibility index (Phi) is 7.20. The molecule has 142 valence electrons. The Morgan fingerprint density at radius 3 is 2.42 bits per heavy atom. The van der Waals surface area contributed by atoms with E-state index in [0.717, 1.165) is 17.3 Å². The highest BCUT2D eigenvalue weighted by Crippen LogP contribution is 2.21. The largest absolute Gasteiger partial charge is 0.467 e. The molecule has 0 aromatic heterocycles.